The molecule has 2 heterocycles. The lowest BCUT2D eigenvalue weighted by atomic mass is 10.00. The van der Waals surface area contributed by atoms with Crippen molar-refractivity contribution in [3.8, 4) is 22.5 Å². The zero-order valence-corrected chi connectivity index (χ0v) is 23.7. The van der Waals surface area contributed by atoms with Crippen molar-refractivity contribution in [2.75, 3.05) is 13.7 Å². The van der Waals surface area contributed by atoms with E-state index in [0.29, 0.717) is 29.4 Å². The van der Waals surface area contributed by atoms with Crippen LogP contribution in [0.1, 0.15) is 21.6 Å². The van der Waals surface area contributed by atoms with Crippen LogP contribution in [0.25, 0.3) is 22.5 Å². The fourth-order valence-electron chi connectivity index (χ4n) is 4.69. The van der Waals surface area contributed by atoms with Crippen LogP contribution in [0.5, 0.6) is 0 Å². The van der Waals surface area contributed by atoms with E-state index in [0.717, 1.165) is 16.8 Å². The monoisotopic (exact) mass is 584 g/mol. The summed E-state index contributed by atoms with van der Waals surface area (Å²) in [5.74, 6) is -1.01. The van der Waals surface area contributed by atoms with Gasteiger partial charge in [0.2, 0.25) is 0 Å². The Bertz CT molecular complexity index is 1600. The van der Waals surface area contributed by atoms with Gasteiger partial charge in [0.1, 0.15) is 11.9 Å². The third-order valence-electron chi connectivity index (χ3n) is 6.86. The molecule has 9 heteroatoms. The molecule has 0 fully saturated rings. The number of aromatic nitrogens is 3. The Morgan fingerprint density at radius 2 is 1.79 bits per heavy atom. The highest BCUT2D eigenvalue weighted by atomic mass is 35.5. The summed E-state index contributed by atoms with van der Waals surface area (Å²) < 4.78 is 27.1. The summed E-state index contributed by atoms with van der Waals surface area (Å²) in [6, 6.07) is 28.2. The zero-order valence-electron chi connectivity index (χ0n) is 23.0. The maximum atomic E-state index is 15.3. The second-order valence-electron chi connectivity index (χ2n) is 9.72. The standard InChI is InChI=1S/C33H30ClFN4O3/c1-41-31(21-42-20-22-8-3-2-4-9-22)29(18-25-10-5-6-17-36-25)37-33(40)26-11-7-12-27(35)32(26)30-19-28(38-39-30)23-13-15-24(34)16-14-23/h2-17,19,29,31H,18,20-21H2,1H3,(H,37,40)(H,38,39)/t29-,31-/m1/s1. The van der Waals surface area contributed by atoms with Gasteiger partial charge in [-0.2, -0.15) is 5.10 Å². The maximum Gasteiger partial charge on any atom is 0.252 e. The minimum atomic E-state index is -0.551. The van der Waals surface area contributed by atoms with E-state index in [2.05, 4.69) is 20.5 Å². The number of aromatic amines is 1. The van der Waals surface area contributed by atoms with Crippen molar-refractivity contribution in [2.45, 2.75) is 25.2 Å². The summed E-state index contributed by atoms with van der Waals surface area (Å²) in [6.07, 6.45) is 1.58. The van der Waals surface area contributed by atoms with E-state index in [-0.39, 0.29) is 17.7 Å². The predicted octanol–water partition coefficient (Wildman–Crippen LogP) is 6.50. The van der Waals surface area contributed by atoms with Gasteiger partial charge in [0, 0.05) is 41.6 Å². The van der Waals surface area contributed by atoms with Crippen molar-refractivity contribution in [1.29, 1.82) is 0 Å². The summed E-state index contributed by atoms with van der Waals surface area (Å²) in [7, 11) is 1.57. The lowest BCUT2D eigenvalue weighted by molar-refractivity contribution is -0.0162. The van der Waals surface area contributed by atoms with Gasteiger partial charge in [-0.05, 0) is 48.0 Å². The van der Waals surface area contributed by atoms with Gasteiger partial charge in [0.15, 0.2) is 0 Å². The molecule has 7 nitrogen and oxygen atoms in total. The molecule has 3 aromatic carbocycles. The van der Waals surface area contributed by atoms with Crippen LogP contribution in [0.3, 0.4) is 0 Å². The molecule has 0 aliphatic heterocycles. The quantitative estimate of drug-likeness (QED) is 0.175. The van der Waals surface area contributed by atoms with Crippen LogP contribution >= 0.6 is 11.6 Å². The molecule has 5 rings (SSSR count). The lowest BCUT2D eigenvalue weighted by Gasteiger charge is -2.27. The van der Waals surface area contributed by atoms with Crippen molar-refractivity contribution >= 4 is 17.5 Å². The Hall–Kier alpha value is -4.37. The average molecular weight is 585 g/mol. The number of methoxy groups -OCH3 is 1. The first-order chi connectivity index (χ1) is 20.5. The van der Waals surface area contributed by atoms with E-state index < -0.39 is 23.9 Å². The number of rotatable bonds is 12. The maximum absolute atomic E-state index is 15.3. The third kappa shape index (κ3) is 7.28. The van der Waals surface area contributed by atoms with Crippen molar-refractivity contribution < 1.29 is 18.7 Å². The summed E-state index contributed by atoms with van der Waals surface area (Å²) in [4.78, 5) is 18.2. The molecule has 1 amide bonds. The molecular formula is C33H30ClFN4O3. The highest BCUT2D eigenvalue weighted by Crippen LogP contribution is 2.29. The van der Waals surface area contributed by atoms with E-state index >= 15 is 4.39 Å². The molecular weight excluding hydrogens is 555 g/mol. The highest BCUT2D eigenvalue weighted by molar-refractivity contribution is 6.30. The molecule has 2 N–H and O–H groups in total. The first-order valence-electron chi connectivity index (χ1n) is 13.5. The number of hydrogen-bond donors (Lipinski definition) is 2. The fraction of sp³-hybridized carbons (Fsp3) is 0.182. The van der Waals surface area contributed by atoms with E-state index in [9.17, 15) is 4.79 Å². The van der Waals surface area contributed by atoms with Gasteiger partial charge < -0.3 is 14.8 Å². The molecule has 0 unspecified atom stereocenters. The third-order valence-corrected chi connectivity index (χ3v) is 7.11. The number of carbonyl (C=O) groups is 1. The SMILES string of the molecule is CO[C@H](COCc1ccccc1)[C@@H](Cc1ccccn1)NC(=O)c1cccc(F)c1-c1cc(-c2ccc(Cl)cc2)n[nH]1. The minimum Gasteiger partial charge on any atom is -0.377 e. The van der Waals surface area contributed by atoms with Gasteiger partial charge in [0.25, 0.3) is 5.91 Å². The summed E-state index contributed by atoms with van der Waals surface area (Å²) in [5, 5.41) is 10.9. The average Bonchev–Trinajstić information content (AvgIpc) is 3.50. The van der Waals surface area contributed by atoms with Gasteiger partial charge in [0.05, 0.1) is 36.2 Å². The molecule has 0 saturated heterocycles. The molecule has 5 aromatic rings. The Kier molecular flexibility index (Phi) is 9.71. The second kappa shape index (κ2) is 14.0. The number of nitrogens with zero attached hydrogens (tertiary/aromatic N) is 2. The molecule has 214 valence electrons. The van der Waals surface area contributed by atoms with Crippen LogP contribution in [0.2, 0.25) is 5.02 Å². The summed E-state index contributed by atoms with van der Waals surface area (Å²) in [6.45, 7) is 0.624. The van der Waals surface area contributed by atoms with E-state index in [1.807, 2.05) is 60.7 Å². The number of pyridine rings is 1. The van der Waals surface area contributed by atoms with E-state index in [4.69, 9.17) is 21.1 Å². The van der Waals surface area contributed by atoms with Crippen LogP contribution < -0.4 is 5.32 Å². The number of benzene rings is 3. The first-order valence-corrected chi connectivity index (χ1v) is 13.8. The zero-order chi connectivity index (χ0) is 29.3. The molecule has 0 aliphatic carbocycles. The molecule has 2 aromatic heterocycles. The Balaban J connectivity index is 1.39. The first kappa shape index (κ1) is 29.1. The topological polar surface area (TPSA) is 89.1 Å². The molecule has 42 heavy (non-hydrogen) atoms. The predicted molar refractivity (Wildman–Crippen MR) is 161 cm³/mol. The molecule has 0 bridgehead atoms. The number of H-pyrrole nitrogens is 1. The van der Waals surface area contributed by atoms with Gasteiger partial charge >= 0.3 is 0 Å². The molecule has 0 aliphatic rings. The van der Waals surface area contributed by atoms with Gasteiger partial charge in [-0.15, -0.1) is 0 Å². The van der Waals surface area contributed by atoms with Crippen molar-refractivity contribution in [3.63, 3.8) is 0 Å². The van der Waals surface area contributed by atoms with Crippen LogP contribution in [0.4, 0.5) is 4.39 Å². The Labute approximate surface area is 248 Å². The van der Waals surface area contributed by atoms with Crippen LogP contribution in [0.15, 0.2) is 103 Å². The second-order valence-corrected chi connectivity index (χ2v) is 10.2. The summed E-state index contributed by atoms with van der Waals surface area (Å²) in [5.41, 5.74) is 3.85. The van der Waals surface area contributed by atoms with Crippen molar-refractivity contribution in [1.82, 2.24) is 20.5 Å². The molecule has 0 saturated carbocycles. The van der Waals surface area contributed by atoms with Crippen molar-refractivity contribution in [2.24, 2.45) is 0 Å². The van der Waals surface area contributed by atoms with E-state index in [1.54, 1.807) is 37.6 Å². The smallest absolute Gasteiger partial charge is 0.252 e. The van der Waals surface area contributed by atoms with Crippen LogP contribution in [0, 0.1) is 5.82 Å². The normalized spacial score (nSPS) is 12.5. The summed E-state index contributed by atoms with van der Waals surface area (Å²) >= 11 is 6.01. The highest BCUT2D eigenvalue weighted by Gasteiger charge is 2.27. The van der Waals surface area contributed by atoms with Crippen LogP contribution in [-0.2, 0) is 22.5 Å². The number of nitrogens with one attached hydrogen (secondary N) is 2. The number of hydrogen-bond acceptors (Lipinski definition) is 5. The largest absolute Gasteiger partial charge is 0.377 e. The number of ether oxygens (including phenoxy) is 2. The number of carbonyl (C=O) groups excluding carboxylic acids is 1. The van der Waals surface area contributed by atoms with Gasteiger partial charge in [-0.3, -0.25) is 14.9 Å². The Morgan fingerprint density at radius 3 is 2.52 bits per heavy atom. The van der Waals surface area contributed by atoms with Gasteiger partial charge in [-0.25, -0.2) is 4.39 Å². The molecule has 0 spiro atoms. The van der Waals surface area contributed by atoms with Gasteiger partial charge in [-0.1, -0.05) is 66.2 Å². The van der Waals surface area contributed by atoms with Crippen molar-refractivity contribution in [3.05, 3.63) is 131 Å². The van der Waals surface area contributed by atoms with E-state index in [1.165, 1.54) is 12.1 Å². The molecule has 0 radical (unpaired) electrons. The molecule has 2 atom stereocenters. The lowest BCUT2D eigenvalue weighted by Crippen LogP contribution is -2.48. The fourth-order valence-corrected chi connectivity index (χ4v) is 4.81. The minimum absolute atomic E-state index is 0.119. The Morgan fingerprint density at radius 1 is 1.00 bits per heavy atom. The number of amides is 1. The number of halogens is 2. The van der Waals surface area contributed by atoms with Crippen LogP contribution in [-0.4, -0.2) is 47.0 Å².